The molecule has 0 aliphatic rings. The summed E-state index contributed by atoms with van der Waals surface area (Å²) in [4.78, 5) is 0.838. The van der Waals surface area contributed by atoms with Crippen molar-refractivity contribution in [3.63, 3.8) is 0 Å². The lowest BCUT2D eigenvalue weighted by Crippen LogP contribution is -2.29. The molecule has 0 unspecified atom stereocenters. The highest BCUT2D eigenvalue weighted by molar-refractivity contribution is 7.19. The van der Waals surface area contributed by atoms with E-state index in [4.69, 9.17) is 10.0 Å². The van der Waals surface area contributed by atoms with Gasteiger partial charge in [-0.2, -0.15) is 0 Å². The fourth-order valence-electron chi connectivity index (χ4n) is 1.39. The van der Waals surface area contributed by atoms with Crippen molar-refractivity contribution in [2.75, 3.05) is 0 Å². The molecule has 3 N–H and O–H groups in total. The second-order valence-corrected chi connectivity index (χ2v) is 4.39. The molecule has 0 atom stereocenters. The van der Waals surface area contributed by atoms with Crippen LogP contribution in [0, 0.1) is 6.92 Å². The minimum Gasteiger partial charge on any atom is -0.506 e. The van der Waals surface area contributed by atoms with Gasteiger partial charge in [-0.1, -0.05) is 12.1 Å². The largest absolute Gasteiger partial charge is 0.506 e. The summed E-state index contributed by atoms with van der Waals surface area (Å²) in [7, 11) is -1.49. The lowest BCUT2D eigenvalue weighted by Gasteiger charge is -1.98. The van der Waals surface area contributed by atoms with Gasteiger partial charge in [0.2, 0.25) is 0 Å². The molecule has 3 nitrogen and oxygen atoms in total. The van der Waals surface area contributed by atoms with Gasteiger partial charge in [0.15, 0.2) is 0 Å². The van der Waals surface area contributed by atoms with Crippen molar-refractivity contribution in [2.45, 2.75) is 6.92 Å². The predicted octanol–water partition coefficient (Wildman–Crippen LogP) is 0.595. The first kappa shape index (κ1) is 9.52. The Kier molecular flexibility index (Phi) is 2.22. The summed E-state index contributed by atoms with van der Waals surface area (Å²) in [5, 5.41) is 28.2. The quantitative estimate of drug-likeness (QED) is 0.601. The highest BCUT2D eigenvalue weighted by Gasteiger charge is 2.14. The molecule has 1 heterocycles. The smallest absolute Gasteiger partial charge is 0.488 e. The number of hydrogen-bond acceptors (Lipinski definition) is 4. The zero-order chi connectivity index (χ0) is 10.3. The van der Waals surface area contributed by atoms with Gasteiger partial charge in [-0.25, -0.2) is 0 Å². The van der Waals surface area contributed by atoms with Gasteiger partial charge in [-0.05, 0) is 18.5 Å². The van der Waals surface area contributed by atoms with Crippen LogP contribution in [0.4, 0.5) is 0 Å². The van der Waals surface area contributed by atoms with Gasteiger partial charge >= 0.3 is 7.12 Å². The first-order valence-electron chi connectivity index (χ1n) is 4.17. The van der Waals surface area contributed by atoms with Crippen LogP contribution in [0.25, 0.3) is 10.1 Å². The van der Waals surface area contributed by atoms with Crippen LogP contribution >= 0.6 is 11.3 Å². The number of thiophene rings is 1. The van der Waals surface area contributed by atoms with E-state index in [2.05, 4.69) is 0 Å². The van der Waals surface area contributed by atoms with Crippen molar-refractivity contribution in [1.29, 1.82) is 0 Å². The average molecular weight is 208 g/mol. The van der Waals surface area contributed by atoms with Crippen LogP contribution < -0.4 is 5.46 Å². The molecule has 72 valence electrons. The molecule has 0 spiro atoms. The van der Waals surface area contributed by atoms with Gasteiger partial charge in [0, 0.05) is 15.0 Å². The first-order chi connectivity index (χ1) is 6.59. The minimum atomic E-state index is -1.49. The molecular weight excluding hydrogens is 199 g/mol. The van der Waals surface area contributed by atoms with E-state index in [1.165, 1.54) is 11.3 Å². The summed E-state index contributed by atoms with van der Waals surface area (Å²) >= 11 is 1.49. The van der Waals surface area contributed by atoms with E-state index < -0.39 is 7.12 Å². The Bertz CT molecular complexity index is 478. The summed E-state index contributed by atoms with van der Waals surface area (Å²) in [5.74, 6) is 0.229. The molecule has 2 rings (SSSR count). The van der Waals surface area contributed by atoms with Crippen molar-refractivity contribution < 1.29 is 15.2 Å². The van der Waals surface area contributed by atoms with E-state index in [0.717, 1.165) is 9.58 Å². The number of rotatable bonds is 1. The third kappa shape index (κ3) is 1.39. The SMILES string of the molecule is Cc1sc2ccc(B(O)O)cc2c1O. The van der Waals surface area contributed by atoms with Crippen molar-refractivity contribution in [3.8, 4) is 5.75 Å². The van der Waals surface area contributed by atoms with Gasteiger partial charge in [-0.15, -0.1) is 11.3 Å². The fourth-order valence-corrected chi connectivity index (χ4v) is 2.32. The zero-order valence-corrected chi connectivity index (χ0v) is 8.38. The lowest BCUT2D eigenvalue weighted by atomic mass is 9.80. The molecule has 0 amide bonds. The fraction of sp³-hybridized carbons (Fsp3) is 0.111. The third-order valence-electron chi connectivity index (χ3n) is 2.15. The number of aryl methyl sites for hydroxylation is 1. The number of benzene rings is 1. The van der Waals surface area contributed by atoms with Gasteiger partial charge in [-0.3, -0.25) is 0 Å². The zero-order valence-electron chi connectivity index (χ0n) is 7.56. The predicted molar refractivity (Wildman–Crippen MR) is 58.1 cm³/mol. The molecule has 0 radical (unpaired) electrons. The van der Waals surface area contributed by atoms with Gasteiger partial charge in [0.05, 0.1) is 0 Å². The molecule has 14 heavy (non-hydrogen) atoms. The van der Waals surface area contributed by atoms with Gasteiger partial charge in [0.25, 0.3) is 0 Å². The summed E-state index contributed by atoms with van der Waals surface area (Å²) in [5.41, 5.74) is 0.394. The molecule has 1 aromatic heterocycles. The Hall–Kier alpha value is -1.04. The van der Waals surface area contributed by atoms with Crippen LogP contribution in [-0.2, 0) is 0 Å². The monoisotopic (exact) mass is 208 g/mol. The Morgan fingerprint density at radius 1 is 1.29 bits per heavy atom. The standard InChI is InChI=1S/C9H9BO3S/c1-5-9(11)7-4-6(10(12)13)2-3-8(7)14-5/h2-4,11-13H,1H3. The van der Waals surface area contributed by atoms with Crippen LogP contribution in [0.5, 0.6) is 5.75 Å². The molecule has 0 fully saturated rings. The van der Waals surface area contributed by atoms with Crippen molar-refractivity contribution in [2.24, 2.45) is 0 Å². The van der Waals surface area contributed by atoms with E-state index in [-0.39, 0.29) is 5.75 Å². The lowest BCUT2D eigenvalue weighted by molar-refractivity contribution is 0.426. The second kappa shape index (κ2) is 3.27. The molecule has 0 aliphatic heterocycles. The number of aromatic hydroxyl groups is 1. The van der Waals surface area contributed by atoms with Crippen molar-refractivity contribution in [3.05, 3.63) is 23.1 Å². The van der Waals surface area contributed by atoms with Crippen LogP contribution in [0.3, 0.4) is 0 Å². The summed E-state index contributed by atoms with van der Waals surface area (Å²) in [6.45, 7) is 1.83. The summed E-state index contributed by atoms with van der Waals surface area (Å²) in [6.07, 6.45) is 0. The molecule has 1 aromatic carbocycles. The second-order valence-electron chi connectivity index (χ2n) is 3.14. The Morgan fingerprint density at radius 2 is 2.00 bits per heavy atom. The van der Waals surface area contributed by atoms with Crippen LogP contribution in [0.1, 0.15) is 4.88 Å². The molecule has 0 bridgehead atoms. The molecule has 5 heteroatoms. The topological polar surface area (TPSA) is 60.7 Å². The summed E-state index contributed by atoms with van der Waals surface area (Å²) in [6, 6.07) is 5.02. The van der Waals surface area contributed by atoms with Crippen molar-refractivity contribution in [1.82, 2.24) is 0 Å². The Labute approximate surface area is 85.4 Å². The maximum Gasteiger partial charge on any atom is 0.488 e. The van der Waals surface area contributed by atoms with Gasteiger partial charge < -0.3 is 15.2 Å². The molecule has 2 aromatic rings. The molecule has 0 saturated heterocycles. The maximum absolute atomic E-state index is 9.65. The normalized spacial score (nSPS) is 10.8. The van der Waals surface area contributed by atoms with E-state index in [1.54, 1.807) is 18.2 Å². The molecular formula is C9H9BO3S. The van der Waals surface area contributed by atoms with E-state index in [1.807, 2.05) is 6.92 Å². The molecule has 0 aliphatic carbocycles. The highest BCUT2D eigenvalue weighted by atomic mass is 32.1. The maximum atomic E-state index is 9.65. The highest BCUT2D eigenvalue weighted by Crippen LogP contribution is 2.35. The van der Waals surface area contributed by atoms with Crippen LogP contribution in [0.15, 0.2) is 18.2 Å². The third-order valence-corrected chi connectivity index (χ3v) is 3.23. The summed E-state index contributed by atoms with van der Waals surface area (Å²) < 4.78 is 0.949. The number of fused-ring (bicyclic) bond motifs is 1. The van der Waals surface area contributed by atoms with Crippen LogP contribution in [-0.4, -0.2) is 22.3 Å². The van der Waals surface area contributed by atoms with Crippen LogP contribution in [0.2, 0.25) is 0 Å². The van der Waals surface area contributed by atoms with Crippen molar-refractivity contribution >= 4 is 34.0 Å². The average Bonchev–Trinajstić information content (AvgIpc) is 2.43. The van der Waals surface area contributed by atoms with E-state index in [9.17, 15) is 5.11 Å². The molecule has 0 saturated carbocycles. The van der Waals surface area contributed by atoms with E-state index in [0.29, 0.717) is 10.8 Å². The van der Waals surface area contributed by atoms with Gasteiger partial charge in [0.1, 0.15) is 5.75 Å². The Balaban J connectivity index is 2.69. The Morgan fingerprint density at radius 3 is 2.64 bits per heavy atom. The minimum absolute atomic E-state index is 0.229. The van der Waals surface area contributed by atoms with E-state index >= 15 is 0 Å². The number of hydrogen-bond donors (Lipinski definition) is 3. The first-order valence-corrected chi connectivity index (χ1v) is 4.99.